The van der Waals surface area contributed by atoms with Gasteiger partial charge >= 0.3 is 0 Å². The molecule has 0 atom stereocenters. The molecular weight excluding hydrogens is 459 g/mol. The van der Waals surface area contributed by atoms with E-state index in [4.69, 9.17) is 34.8 Å². The van der Waals surface area contributed by atoms with E-state index in [1.54, 1.807) is 35.1 Å². The Bertz CT molecular complexity index is 1380. The van der Waals surface area contributed by atoms with Gasteiger partial charge in [-0.15, -0.1) is 0 Å². The summed E-state index contributed by atoms with van der Waals surface area (Å²) in [6, 6.07) is 5.49. The Hall–Kier alpha value is -2.81. The number of fused-ring (bicyclic) bond motifs is 2. The number of halogens is 3. The summed E-state index contributed by atoms with van der Waals surface area (Å²) < 4.78 is 3.60. The fourth-order valence-electron chi connectivity index (χ4n) is 3.34. The zero-order chi connectivity index (χ0) is 21.7. The predicted octanol–water partition coefficient (Wildman–Crippen LogP) is 5.62. The van der Waals surface area contributed by atoms with Crippen LogP contribution < -0.4 is 5.32 Å². The Morgan fingerprint density at radius 1 is 1.10 bits per heavy atom. The van der Waals surface area contributed by atoms with Crippen LogP contribution in [-0.2, 0) is 6.54 Å². The van der Waals surface area contributed by atoms with Crippen LogP contribution in [0.1, 0.15) is 25.7 Å². The van der Waals surface area contributed by atoms with Gasteiger partial charge in [-0.25, -0.2) is 14.5 Å². The van der Waals surface area contributed by atoms with Crippen molar-refractivity contribution in [1.82, 2.24) is 34.3 Å². The highest BCUT2D eigenvalue weighted by Gasteiger charge is 2.15. The van der Waals surface area contributed by atoms with E-state index in [0.29, 0.717) is 27.4 Å². The van der Waals surface area contributed by atoms with E-state index in [2.05, 4.69) is 44.3 Å². The third-order valence-electron chi connectivity index (χ3n) is 4.88. The van der Waals surface area contributed by atoms with Crippen molar-refractivity contribution in [3.8, 4) is 11.3 Å². The fraction of sp³-hybridized carbons (Fsp3) is 0.200. The van der Waals surface area contributed by atoms with Crippen LogP contribution in [0.3, 0.4) is 0 Å². The Morgan fingerprint density at radius 3 is 2.68 bits per heavy atom. The maximum absolute atomic E-state index is 6.30. The molecule has 4 aromatic heterocycles. The van der Waals surface area contributed by atoms with Crippen LogP contribution in [0.5, 0.6) is 0 Å². The largest absolute Gasteiger partial charge is 0.375 e. The summed E-state index contributed by atoms with van der Waals surface area (Å²) in [6.07, 6.45) is 5.52. The van der Waals surface area contributed by atoms with Crippen LogP contribution in [-0.4, -0.2) is 34.3 Å². The zero-order valence-electron chi connectivity index (χ0n) is 16.6. The van der Waals surface area contributed by atoms with Crippen LogP contribution in [0.2, 0.25) is 15.2 Å². The maximum atomic E-state index is 6.30. The lowest BCUT2D eigenvalue weighted by Gasteiger charge is -2.07. The first-order valence-corrected chi connectivity index (χ1v) is 10.7. The van der Waals surface area contributed by atoms with E-state index in [-0.39, 0.29) is 6.04 Å². The number of nitrogens with zero attached hydrogens (tertiary/aromatic N) is 6. The lowest BCUT2D eigenvalue weighted by atomic mass is 10.3. The van der Waals surface area contributed by atoms with Crippen molar-refractivity contribution in [2.45, 2.75) is 26.4 Å². The van der Waals surface area contributed by atoms with E-state index in [1.807, 2.05) is 10.9 Å². The van der Waals surface area contributed by atoms with E-state index >= 15 is 0 Å². The van der Waals surface area contributed by atoms with Gasteiger partial charge in [-0.2, -0.15) is 10.2 Å². The molecule has 0 radical (unpaired) electrons. The summed E-state index contributed by atoms with van der Waals surface area (Å²) in [5.74, 6) is 0.726. The minimum atomic E-state index is 0.260. The molecule has 4 heterocycles. The topological polar surface area (TPSA) is 88.7 Å². The van der Waals surface area contributed by atoms with Crippen molar-refractivity contribution < 1.29 is 0 Å². The number of rotatable bonds is 5. The molecule has 0 spiro atoms. The third kappa shape index (κ3) is 3.71. The first-order chi connectivity index (χ1) is 14.9. The van der Waals surface area contributed by atoms with E-state index in [0.717, 1.165) is 33.8 Å². The molecule has 0 aliphatic carbocycles. The maximum Gasteiger partial charge on any atom is 0.177 e. The molecule has 8 nitrogen and oxygen atoms in total. The van der Waals surface area contributed by atoms with Gasteiger partial charge in [0, 0.05) is 23.9 Å². The van der Waals surface area contributed by atoms with E-state index < -0.39 is 0 Å². The molecule has 0 amide bonds. The van der Waals surface area contributed by atoms with Crippen molar-refractivity contribution in [3.63, 3.8) is 0 Å². The van der Waals surface area contributed by atoms with E-state index in [1.165, 1.54) is 0 Å². The summed E-state index contributed by atoms with van der Waals surface area (Å²) in [5, 5.41) is 13.4. The summed E-state index contributed by atoms with van der Waals surface area (Å²) in [6.45, 7) is 4.57. The fourth-order valence-corrected chi connectivity index (χ4v) is 3.84. The van der Waals surface area contributed by atoms with Crippen LogP contribution in [0.15, 0.2) is 36.8 Å². The number of aromatic amines is 1. The number of hydrogen-bond donors (Lipinski definition) is 2. The molecular formula is C20H17Cl3N8. The van der Waals surface area contributed by atoms with Crippen molar-refractivity contribution in [2.75, 3.05) is 5.32 Å². The average Bonchev–Trinajstić information content (AvgIpc) is 3.44. The lowest BCUT2D eigenvalue weighted by Crippen LogP contribution is -2.05. The summed E-state index contributed by atoms with van der Waals surface area (Å²) in [7, 11) is 0. The molecule has 158 valence electrons. The Labute approximate surface area is 192 Å². The average molecular weight is 476 g/mol. The molecule has 5 aromatic rings. The number of anilines is 1. The molecule has 11 heteroatoms. The summed E-state index contributed by atoms with van der Waals surface area (Å²) >= 11 is 18.5. The zero-order valence-corrected chi connectivity index (χ0v) is 18.8. The monoisotopic (exact) mass is 474 g/mol. The number of nitrogens with one attached hydrogen (secondary N) is 2. The second kappa shape index (κ2) is 7.71. The molecule has 0 saturated heterocycles. The van der Waals surface area contributed by atoms with Gasteiger partial charge in [0.2, 0.25) is 0 Å². The first-order valence-electron chi connectivity index (χ1n) is 9.55. The minimum Gasteiger partial charge on any atom is -0.375 e. The Morgan fingerprint density at radius 2 is 1.90 bits per heavy atom. The highest BCUT2D eigenvalue weighted by molar-refractivity contribution is 6.42. The van der Waals surface area contributed by atoms with Crippen molar-refractivity contribution in [1.29, 1.82) is 0 Å². The molecule has 2 N–H and O–H groups in total. The molecule has 5 rings (SSSR count). The number of aromatic nitrogens is 7. The molecule has 0 unspecified atom stereocenters. The van der Waals surface area contributed by atoms with Gasteiger partial charge in [0.05, 0.1) is 51.4 Å². The molecule has 0 bridgehead atoms. The second-order valence-electron chi connectivity index (χ2n) is 7.38. The standard InChI is InChI=1S/C20H17Cl3N8/c1-10(2)30-9-11(6-26-30)17-7-25-20-16(5-18(23)29-31(17)20)24-8-19-27-14-3-12(21)13(22)4-15(14)28-19/h3-7,9-10,24H,8H2,1-2H3,(H,27,28). The molecule has 1 aromatic carbocycles. The second-order valence-corrected chi connectivity index (χ2v) is 8.58. The van der Waals surface area contributed by atoms with Gasteiger partial charge in [0.15, 0.2) is 10.8 Å². The normalized spacial score (nSPS) is 11.8. The SMILES string of the molecule is CC(C)n1cc(-c2cnc3c(NCc4nc5cc(Cl)c(Cl)cc5[nH]4)cc(Cl)nn23)cn1. The first kappa shape index (κ1) is 20.1. The lowest BCUT2D eigenvalue weighted by molar-refractivity contribution is 0.532. The number of benzene rings is 1. The Balaban J connectivity index is 1.47. The molecule has 0 fully saturated rings. The number of H-pyrrole nitrogens is 1. The van der Waals surface area contributed by atoms with Gasteiger partial charge in [-0.05, 0) is 26.0 Å². The number of imidazole rings is 2. The van der Waals surface area contributed by atoms with Gasteiger partial charge < -0.3 is 10.3 Å². The summed E-state index contributed by atoms with van der Waals surface area (Å²) in [4.78, 5) is 12.3. The summed E-state index contributed by atoms with van der Waals surface area (Å²) in [5.41, 5.74) is 4.66. The van der Waals surface area contributed by atoms with Crippen molar-refractivity contribution >= 4 is 57.2 Å². The number of hydrogen-bond acceptors (Lipinski definition) is 5. The molecule has 0 saturated carbocycles. The smallest absolute Gasteiger partial charge is 0.177 e. The van der Waals surface area contributed by atoms with Gasteiger partial charge in [-0.3, -0.25) is 4.68 Å². The van der Waals surface area contributed by atoms with Crippen LogP contribution in [0.4, 0.5) is 5.69 Å². The van der Waals surface area contributed by atoms with Gasteiger partial charge in [0.25, 0.3) is 0 Å². The predicted molar refractivity (Wildman–Crippen MR) is 123 cm³/mol. The van der Waals surface area contributed by atoms with Gasteiger partial charge in [-0.1, -0.05) is 34.8 Å². The minimum absolute atomic E-state index is 0.260. The third-order valence-corrected chi connectivity index (χ3v) is 5.79. The quantitative estimate of drug-likeness (QED) is 0.344. The van der Waals surface area contributed by atoms with Crippen LogP contribution in [0, 0.1) is 0 Å². The highest BCUT2D eigenvalue weighted by atomic mass is 35.5. The van der Waals surface area contributed by atoms with Crippen LogP contribution >= 0.6 is 34.8 Å². The molecule has 0 aliphatic heterocycles. The highest BCUT2D eigenvalue weighted by Crippen LogP contribution is 2.28. The van der Waals surface area contributed by atoms with Crippen molar-refractivity contribution in [2.24, 2.45) is 0 Å². The molecule has 0 aliphatic rings. The Kier molecular flexibility index (Phi) is 5.00. The van der Waals surface area contributed by atoms with E-state index in [9.17, 15) is 0 Å². The van der Waals surface area contributed by atoms with Gasteiger partial charge in [0.1, 0.15) is 5.82 Å². The van der Waals surface area contributed by atoms with Crippen LogP contribution in [0.25, 0.3) is 27.9 Å². The van der Waals surface area contributed by atoms with Crippen molar-refractivity contribution in [3.05, 3.63) is 57.8 Å². The molecule has 31 heavy (non-hydrogen) atoms.